The minimum absolute atomic E-state index is 0.711. The molecule has 0 saturated carbocycles. The molecule has 0 aromatic rings. The van der Waals surface area contributed by atoms with Gasteiger partial charge in [0.25, 0.3) is 5.97 Å². The van der Waals surface area contributed by atoms with Crippen LogP contribution in [-0.2, 0) is 24.0 Å². The highest BCUT2D eigenvalue weighted by atomic mass is 17.2. The standard InChI is InChI=1S/C35H72O5/c1-5-9-13-16-21-27-33-39-40-34-28-22-18-17-19-23-29-35(36-30-24-12-8-4,37-31-25-15-11-7-3)38-32-26-20-14-10-6-2/h5-34H2,1-4H3. The summed E-state index contributed by atoms with van der Waals surface area (Å²) in [4.78, 5) is 10.7. The van der Waals surface area contributed by atoms with Crippen molar-refractivity contribution in [2.45, 2.75) is 194 Å². The monoisotopic (exact) mass is 573 g/mol. The van der Waals surface area contributed by atoms with Crippen LogP contribution in [0.5, 0.6) is 0 Å². The van der Waals surface area contributed by atoms with Crippen molar-refractivity contribution in [3.05, 3.63) is 0 Å². The fourth-order valence-corrected chi connectivity index (χ4v) is 4.88. The summed E-state index contributed by atoms with van der Waals surface area (Å²) in [7, 11) is 0. The molecule has 0 rings (SSSR count). The molecule has 0 aliphatic carbocycles. The zero-order chi connectivity index (χ0) is 29.2. The van der Waals surface area contributed by atoms with Crippen molar-refractivity contribution >= 4 is 0 Å². The van der Waals surface area contributed by atoms with Crippen molar-refractivity contribution in [1.29, 1.82) is 0 Å². The van der Waals surface area contributed by atoms with Crippen LogP contribution in [0, 0.1) is 0 Å². The van der Waals surface area contributed by atoms with Crippen LogP contribution in [0.15, 0.2) is 0 Å². The maximum atomic E-state index is 6.45. The molecule has 0 bridgehead atoms. The quantitative estimate of drug-likeness (QED) is 0.0327. The van der Waals surface area contributed by atoms with Gasteiger partial charge < -0.3 is 14.2 Å². The van der Waals surface area contributed by atoms with Crippen LogP contribution < -0.4 is 0 Å². The van der Waals surface area contributed by atoms with Gasteiger partial charge in [-0.3, -0.25) is 0 Å². The molecule has 5 heteroatoms. The molecule has 40 heavy (non-hydrogen) atoms. The van der Waals surface area contributed by atoms with Gasteiger partial charge in [-0.25, -0.2) is 9.78 Å². The van der Waals surface area contributed by atoms with Crippen LogP contribution in [0.4, 0.5) is 0 Å². The van der Waals surface area contributed by atoms with Crippen LogP contribution in [0.1, 0.15) is 188 Å². The Labute approximate surface area is 251 Å². The Balaban J connectivity index is 4.29. The van der Waals surface area contributed by atoms with Gasteiger partial charge in [0, 0.05) is 6.42 Å². The number of unbranched alkanes of at least 4 members (excludes halogenated alkanes) is 19. The largest absolute Gasteiger partial charge is 0.327 e. The highest BCUT2D eigenvalue weighted by molar-refractivity contribution is 4.62. The lowest BCUT2D eigenvalue weighted by Crippen LogP contribution is -2.40. The second-order valence-corrected chi connectivity index (χ2v) is 11.7. The van der Waals surface area contributed by atoms with Gasteiger partial charge in [0.2, 0.25) is 0 Å². The van der Waals surface area contributed by atoms with E-state index in [2.05, 4.69) is 27.7 Å². The summed E-state index contributed by atoms with van der Waals surface area (Å²) in [5.41, 5.74) is 0. The van der Waals surface area contributed by atoms with E-state index in [1.807, 2.05) is 0 Å². The van der Waals surface area contributed by atoms with E-state index in [9.17, 15) is 0 Å². The molecule has 0 radical (unpaired) electrons. The maximum Gasteiger partial charge on any atom is 0.282 e. The van der Waals surface area contributed by atoms with Crippen LogP contribution in [0.3, 0.4) is 0 Å². The lowest BCUT2D eigenvalue weighted by Gasteiger charge is -2.34. The average Bonchev–Trinajstić information content (AvgIpc) is 2.96. The third kappa shape index (κ3) is 27.9. The van der Waals surface area contributed by atoms with Gasteiger partial charge in [0.1, 0.15) is 0 Å². The first-order chi connectivity index (χ1) is 19.7. The van der Waals surface area contributed by atoms with Gasteiger partial charge in [-0.05, 0) is 38.5 Å². The Morgan fingerprint density at radius 2 is 0.575 bits per heavy atom. The van der Waals surface area contributed by atoms with E-state index in [1.54, 1.807) is 0 Å². The van der Waals surface area contributed by atoms with Crippen molar-refractivity contribution in [3.8, 4) is 0 Å². The van der Waals surface area contributed by atoms with Gasteiger partial charge in [-0.1, -0.05) is 143 Å². The summed E-state index contributed by atoms with van der Waals surface area (Å²) in [6, 6.07) is 0. The van der Waals surface area contributed by atoms with E-state index in [0.29, 0.717) is 6.61 Å². The van der Waals surface area contributed by atoms with Crippen LogP contribution in [0.2, 0.25) is 0 Å². The van der Waals surface area contributed by atoms with Gasteiger partial charge in [0.15, 0.2) is 0 Å². The van der Waals surface area contributed by atoms with E-state index in [4.69, 9.17) is 24.0 Å². The number of hydrogen-bond acceptors (Lipinski definition) is 5. The minimum Gasteiger partial charge on any atom is -0.327 e. The zero-order valence-electron chi connectivity index (χ0n) is 27.8. The molecule has 0 fully saturated rings. The summed E-state index contributed by atoms with van der Waals surface area (Å²) < 4.78 is 19.3. The van der Waals surface area contributed by atoms with E-state index in [-0.39, 0.29) is 0 Å². The lowest BCUT2D eigenvalue weighted by atomic mass is 10.1. The van der Waals surface area contributed by atoms with Crippen LogP contribution in [0.25, 0.3) is 0 Å². The van der Waals surface area contributed by atoms with Gasteiger partial charge in [0.05, 0.1) is 33.0 Å². The zero-order valence-corrected chi connectivity index (χ0v) is 27.8. The van der Waals surface area contributed by atoms with E-state index in [1.165, 1.54) is 116 Å². The summed E-state index contributed by atoms with van der Waals surface area (Å²) in [5, 5.41) is 0. The van der Waals surface area contributed by atoms with E-state index >= 15 is 0 Å². The summed E-state index contributed by atoms with van der Waals surface area (Å²) in [5.74, 6) is -0.855. The van der Waals surface area contributed by atoms with E-state index < -0.39 is 5.97 Å². The van der Waals surface area contributed by atoms with Gasteiger partial charge in [-0.2, -0.15) is 0 Å². The molecule has 0 aliphatic heterocycles. The molecule has 0 saturated heterocycles. The Morgan fingerprint density at radius 1 is 0.300 bits per heavy atom. The molecule has 5 nitrogen and oxygen atoms in total. The highest BCUT2D eigenvalue weighted by Crippen LogP contribution is 2.26. The summed E-state index contributed by atoms with van der Waals surface area (Å²) in [6.07, 6.45) is 30.0. The van der Waals surface area contributed by atoms with Crippen molar-refractivity contribution in [3.63, 3.8) is 0 Å². The second-order valence-electron chi connectivity index (χ2n) is 11.7. The highest BCUT2D eigenvalue weighted by Gasteiger charge is 2.33. The van der Waals surface area contributed by atoms with Crippen molar-refractivity contribution in [2.24, 2.45) is 0 Å². The van der Waals surface area contributed by atoms with Crippen molar-refractivity contribution in [2.75, 3.05) is 33.0 Å². The summed E-state index contributed by atoms with van der Waals surface area (Å²) >= 11 is 0. The Kier molecular flexibility index (Phi) is 33.1. The molecule has 0 spiro atoms. The lowest BCUT2D eigenvalue weighted by molar-refractivity contribution is -0.384. The van der Waals surface area contributed by atoms with Crippen LogP contribution >= 0.6 is 0 Å². The van der Waals surface area contributed by atoms with Gasteiger partial charge in [-0.15, -0.1) is 0 Å². The Morgan fingerprint density at radius 3 is 1.00 bits per heavy atom. The second kappa shape index (κ2) is 33.3. The Bertz CT molecular complexity index is 461. The molecule has 1 unspecified atom stereocenters. The molecular formula is C35H72O5. The third-order valence-electron chi connectivity index (χ3n) is 7.58. The van der Waals surface area contributed by atoms with Crippen LogP contribution in [-0.4, -0.2) is 39.0 Å². The normalized spacial score (nSPS) is 13.2. The Hall–Kier alpha value is -0.200. The predicted octanol–water partition coefficient (Wildman–Crippen LogP) is 11.5. The molecule has 0 aromatic heterocycles. The molecular weight excluding hydrogens is 500 g/mol. The molecule has 0 N–H and O–H groups in total. The number of rotatable bonds is 35. The fraction of sp³-hybridized carbons (Fsp3) is 1.00. The molecule has 0 aromatic carbocycles. The first kappa shape index (κ1) is 39.8. The smallest absolute Gasteiger partial charge is 0.282 e. The van der Waals surface area contributed by atoms with Gasteiger partial charge >= 0.3 is 0 Å². The van der Waals surface area contributed by atoms with Crippen molar-refractivity contribution < 1.29 is 24.0 Å². The predicted molar refractivity (Wildman–Crippen MR) is 171 cm³/mol. The molecule has 242 valence electrons. The SMILES string of the molecule is CCCCCCCCOOCCCCCCCCC(OCCCCC)(OCCCCCC)OCCCCCCC. The molecule has 0 heterocycles. The van der Waals surface area contributed by atoms with E-state index in [0.717, 1.165) is 71.4 Å². The number of ether oxygens (including phenoxy) is 3. The molecule has 1 atom stereocenters. The first-order valence-electron chi connectivity index (χ1n) is 17.9. The maximum absolute atomic E-state index is 6.45. The molecule has 0 aliphatic rings. The third-order valence-corrected chi connectivity index (χ3v) is 7.58. The minimum atomic E-state index is -0.855. The first-order valence-corrected chi connectivity index (χ1v) is 17.9. The molecule has 0 amide bonds. The fourth-order valence-electron chi connectivity index (χ4n) is 4.88. The summed E-state index contributed by atoms with van der Waals surface area (Å²) in [6.45, 7) is 12.6. The number of hydrogen-bond donors (Lipinski definition) is 0. The topological polar surface area (TPSA) is 46.2 Å². The average molecular weight is 573 g/mol. The van der Waals surface area contributed by atoms with Crippen molar-refractivity contribution in [1.82, 2.24) is 0 Å².